The lowest BCUT2D eigenvalue weighted by atomic mass is 9.96. The number of nitrogens with one attached hydrogen (secondary N) is 2. The lowest BCUT2D eigenvalue weighted by Gasteiger charge is -2.19. The molecule has 110 valence electrons. The standard InChI is InChI=1S/C15H22N2O3/c1-15(2,3)14(20)16-9-13(19)17-12(10-18)11-7-5-4-6-8-11/h4-8,12,18H,9-10H2,1-3H3,(H,16,20)(H,17,19). The molecule has 0 heterocycles. The highest BCUT2D eigenvalue weighted by atomic mass is 16.3. The second-order valence-corrected chi connectivity index (χ2v) is 5.65. The fourth-order valence-electron chi connectivity index (χ4n) is 1.59. The van der Waals surface area contributed by atoms with Gasteiger partial charge < -0.3 is 15.7 Å². The van der Waals surface area contributed by atoms with Gasteiger partial charge in [-0.25, -0.2) is 0 Å². The molecule has 0 fully saturated rings. The van der Waals surface area contributed by atoms with Crippen molar-refractivity contribution < 1.29 is 14.7 Å². The Labute approximate surface area is 119 Å². The van der Waals surface area contributed by atoms with Crippen molar-refractivity contribution in [2.45, 2.75) is 26.8 Å². The van der Waals surface area contributed by atoms with Crippen molar-refractivity contribution in [1.29, 1.82) is 0 Å². The summed E-state index contributed by atoms with van der Waals surface area (Å²) in [6.07, 6.45) is 0. The Morgan fingerprint density at radius 3 is 2.30 bits per heavy atom. The third kappa shape index (κ3) is 5.01. The fraction of sp³-hybridized carbons (Fsp3) is 0.467. The molecule has 0 bridgehead atoms. The van der Waals surface area contributed by atoms with Crippen LogP contribution in [0.15, 0.2) is 30.3 Å². The van der Waals surface area contributed by atoms with E-state index in [4.69, 9.17) is 0 Å². The van der Waals surface area contributed by atoms with E-state index in [9.17, 15) is 14.7 Å². The molecular formula is C15H22N2O3. The highest BCUT2D eigenvalue weighted by Gasteiger charge is 2.22. The van der Waals surface area contributed by atoms with Gasteiger partial charge in [-0.3, -0.25) is 9.59 Å². The number of rotatable bonds is 5. The molecule has 1 aromatic carbocycles. The first kappa shape index (κ1) is 16.2. The highest BCUT2D eigenvalue weighted by molar-refractivity contribution is 5.87. The molecule has 0 aliphatic rings. The number of aliphatic hydroxyl groups excluding tert-OH is 1. The Balaban J connectivity index is 2.51. The molecule has 2 amide bonds. The maximum Gasteiger partial charge on any atom is 0.239 e. The number of aliphatic hydroxyl groups is 1. The van der Waals surface area contributed by atoms with Crippen LogP contribution in [-0.2, 0) is 9.59 Å². The number of hydrogen-bond acceptors (Lipinski definition) is 3. The van der Waals surface area contributed by atoms with Crippen LogP contribution >= 0.6 is 0 Å². The van der Waals surface area contributed by atoms with Crippen LogP contribution in [0.5, 0.6) is 0 Å². The Morgan fingerprint density at radius 2 is 1.80 bits per heavy atom. The first-order chi connectivity index (χ1) is 9.34. The minimum atomic E-state index is -0.532. The molecule has 1 unspecified atom stereocenters. The molecule has 1 rings (SSSR count). The lowest BCUT2D eigenvalue weighted by molar-refractivity contribution is -0.131. The molecule has 0 aromatic heterocycles. The van der Waals surface area contributed by atoms with E-state index >= 15 is 0 Å². The molecule has 1 aromatic rings. The van der Waals surface area contributed by atoms with Gasteiger partial charge in [0.2, 0.25) is 11.8 Å². The SMILES string of the molecule is CC(C)(C)C(=O)NCC(=O)NC(CO)c1ccccc1. The number of hydrogen-bond donors (Lipinski definition) is 3. The summed E-state index contributed by atoms with van der Waals surface area (Å²) in [5, 5.41) is 14.6. The van der Waals surface area contributed by atoms with Crippen LogP contribution in [0.25, 0.3) is 0 Å². The van der Waals surface area contributed by atoms with Crippen molar-refractivity contribution in [3.63, 3.8) is 0 Å². The molecule has 5 heteroatoms. The van der Waals surface area contributed by atoms with Crippen LogP contribution in [0.3, 0.4) is 0 Å². The van der Waals surface area contributed by atoms with Crippen LogP contribution in [0.1, 0.15) is 32.4 Å². The first-order valence-corrected chi connectivity index (χ1v) is 6.58. The minimum absolute atomic E-state index is 0.0978. The Hall–Kier alpha value is -1.88. The van der Waals surface area contributed by atoms with E-state index in [1.807, 2.05) is 30.3 Å². The van der Waals surface area contributed by atoms with E-state index in [2.05, 4.69) is 10.6 Å². The number of carbonyl (C=O) groups excluding carboxylic acids is 2. The predicted molar refractivity (Wildman–Crippen MR) is 76.9 cm³/mol. The van der Waals surface area contributed by atoms with Gasteiger partial charge in [0.05, 0.1) is 19.2 Å². The monoisotopic (exact) mass is 278 g/mol. The van der Waals surface area contributed by atoms with E-state index in [-0.39, 0.29) is 25.0 Å². The molecule has 20 heavy (non-hydrogen) atoms. The summed E-state index contributed by atoms with van der Waals surface area (Å²) in [7, 11) is 0. The maximum absolute atomic E-state index is 11.8. The number of carbonyl (C=O) groups is 2. The topological polar surface area (TPSA) is 78.4 Å². The molecular weight excluding hydrogens is 256 g/mol. The zero-order valence-corrected chi connectivity index (χ0v) is 12.1. The van der Waals surface area contributed by atoms with Crippen LogP contribution in [0.2, 0.25) is 0 Å². The van der Waals surface area contributed by atoms with Crippen LogP contribution in [0.4, 0.5) is 0 Å². The lowest BCUT2D eigenvalue weighted by Crippen LogP contribution is -2.43. The Morgan fingerprint density at radius 1 is 1.20 bits per heavy atom. The van der Waals surface area contributed by atoms with Gasteiger partial charge in [-0.2, -0.15) is 0 Å². The first-order valence-electron chi connectivity index (χ1n) is 6.58. The number of amides is 2. The molecule has 0 aliphatic carbocycles. The average Bonchev–Trinajstić information content (AvgIpc) is 2.42. The van der Waals surface area contributed by atoms with E-state index in [1.54, 1.807) is 20.8 Å². The van der Waals surface area contributed by atoms with Crippen LogP contribution in [-0.4, -0.2) is 30.1 Å². The van der Waals surface area contributed by atoms with Crippen LogP contribution in [0, 0.1) is 5.41 Å². The molecule has 5 nitrogen and oxygen atoms in total. The largest absolute Gasteiger partial charge is 0.394 e. The summed E-state index contributed by atoms with van der Waals surface area (Å²) >= 11 is 0. The molecule has 0 spiro atoms. The van der Waals surface area contributed by atoms with Crippen molar-refractivity contribution in [1.82, 2.24) is 10.6 Å². The highest BCUT2D eigenvalue weighted by Crippen LogP contribution is 2.13. The predicted octanol–water partition coefficient (Wildman–Crippen LogP) is 0.998. The fourth-order valence-corrected chi connectivity index (χ4v) is 1.59. The van der Waals surface area contributed by atoms with Crippen molar-refractivity contribution >= 4 is 11.8 Å². The van der Waals surface area contributed by atoms with E-state index in [1.165, 1.54) is 0 Å². The summed E-state index contributed by atoms with van der Waals surface area (Å²) in [5.74, 6) is -0.515. The summed E-state index contributed by atoms with van der Waals surface area (Å²) in [5.41, 5.74) is 0.293. The molecule has 0 saturated carbocycles. The zero-order valence-electron chi connectivity index (χ0n) is 12.1. The summed E-state index contributed by atoms with van der Waals surface area (Å²) in [4.78, 5) is 23.4. The van der Waals surface area contributed by atoms with Gasteiger partial charge in [-0.15, -0.1) is 0 Å². The van der Waals surface area contributed by atoms with Crippen molar-refractivity contribution in [3.05, 3.63) is 35.9 Å². The molecule has 0 radical (unpaired) electrons. The maximum atomic E-state index is 11.8. The van der Waals surface area contributed by atoms with Crippen molar-refractivity contribution in [2.75, 3.05) is 13.2 Å². The zero-order chi connectivity index (χ0) is 15.2. The molecule has 0 saturated heterocycles. The van der Waals surface area contributed by atoms with Gasteiger partial charge in [0, 0.05) is 5.41 Å². The summed E-state index contributed by atoms with van der Waals surface area (Å²) in [6.45, 7) is 5.05. The van der Waals surface area contributed by atoms with Gasteiger partial charge in [-0.05, 0) is 5.56 Å². The third-order valence-corrected chi connectivity index (χ3v) is 2.81. The summed E-state index contributed by atoms with van der Waals surface area (Å²) < 4.78 is 0. The third-order valence-electron chi connectivity index (χ3n) is 2.81. The minimum Gasteiger partial charge on any atom is -0.394 e. The van der Waals surface area contributed by atoms with Crippen molar-refractivity contribution in [3.8, 4) is 0 Å². The molecule has 1 atom stereocenters. The Kier molecular flexibility index (Phi) is 5.70. The van der Waals surface area contributed by atoms with Gasteiger partial charge in [0.1, 0.15) is 0 Å². The summed E-state index contributed by atoms with van der Waals surface area (Å²) in [6, 6.07) is 8.74. The second-order valence-electron chi connectivity index (χ2n) is 5.65. The van der Waals surface area contributed by atoms with Crippen molar-refractivity contribution in [2.24, 2.45) is 5.41 Å². The molecule has 3 N–H and O–H groups in total. The van der Waals surface area contributed by atoms with E-state index in [0.717, 1.165) is 5.56 Å². The van der Waals surface area contributed by atoms with E-state index < -0.39 is 11.5 Å². The number of benzene rings is 1. The van der Waals surface area contributed by atoms with E-state index in [0.29, 0.717) is 0 Å². The smallest absolute Gasteiger partial charge is 0.239 e. The second kappa shape index (κ2) is 7.05. The van der Waals surface area contributed by atoms with Crippen LogP contribution < -0.4 is 10.6 Å². The Bertz CT molecular complexity index is 452. The van der Waals surface area contributed by atoms with Gasteiger partial charge >= 0.3 is 0 Å². The van der Waals surface area contributed by atoms with Gasteiger partial charge in [-0.1, -0.05) is 51.1 Å². The molecule has 0 aliphatic heterocycles. The van der Waals surface area contributed by atoms with Gasteiger partial charge in [0.15, 0.2) is 0 Å². The quantitative estimate of drug-likeness (QED) is 0.752. The average molecular weight is 278 g/mol. The normalized spacial score (nSPS) is 12.6. The van der Waals surface area contributed by atoms with Gasteiger partial charge in [0.25, 0.3) is 0 Å².